The monoisotopic (exact) mass is 387 g/mol. The first-order valence-electron chi connectivity index (χ1n) is 9.66. The summed E-state index contributed by atoms with van der Waals surface area (Å²) >= 11 is 0. The number of rotatable bonds is 8. The molecule has 0 bridgehead atoms. The van der Waals surface area contributed by atoms with Crippen LogP contribution in [0.5, 0.6) is 5.75 Å². The number of piperidine rings is 1. The van der Waals surface area contributed by atoms with E-state index in [2.05, 4.69) is 35.3 Å². The van der Waals surface area contributed by atoms with E-state index in [1.807, 2.05) is 36.4 Å². The van der Waals surface area contributed by atoms with Crippen LogP contribution in [-0.4, -0.2) is 42.4 Å². The predicted molar refractivity (Wildman–Crippen MR) is 115 cm³/mol. The summed E-state index contributed by atoms with van der Waals surface area (Å²) in [5, 5.41) is 9.72. The molecule has 2 aromatic rings. The molecule has 1 heterocycles. The van der Waals surface area contributed by atoms with Crippen molar-refractivity contribution in [1.29, 1.82) is 0 Å². The molecular weight excluding hydrogens is 358 g/mol. The van der Waals surface area contributed by atoms with E-state index < -0.39 is 0 Å². The predicted octanol–water partition coefficient (Wildman–Crippen LogP) is 4.89. The van der Waals surface area contributed by atoms with E-state index >= 15 is 0 Å². The van der Waals surface area contributed by atoms with Gasteiger partial charge >= 0.3 is 0 Å². The second-order valence-electron chi connectivity index (χ2n) is 6.93. The van der Waals surface area contributed by atoms with Gasteiger partial charge in [-0.3, -0.25) is 0 Å². The minimum absolute atomic E-state index is 0. The number of aliphatic hydroxyl groups excluding tert-OH is 1. The number of hydrogen-bond acceptors (Lipinski definition) is 3. The number of para-hydroxylation sites is 1. The lowest BCUT2D eigenvalue weighted by Gasteiger charge is -2.29. The first-order chi connectivity index (χ1) is 12.8. The van der Waals surface area contributed by atoms with Gasteiger partial charge in [-0.25, -0.2) is 0 Å². The molecular formula is C23H30ClNO2. The van der Waals surface area contributed by atoms with Crippen LogP contribution in [-0.2, 0) is 0 Å². The molecule has 0 radical (unpaired) electrons. The van der Waals surface area contributed by atoms with Crippen molar-refractivity contribution >= 4 is 24.6 Å². The van der Waals surface area contributed by atoms with Gasteiger partial charge in [0.05, 0.1) is 12.7 Å². The van der Waals surface area contributed by atoms with Crippen LogP contribution in [0.25, 0.3) is 12.2 Å². The Morgan fingerprint density at radius 2 is 1.78 bits per heavy atom. The quantitative estimate of drug-likeness (QED) is 0.516. The minimum Gasteiger partial charge on any atom is -0.493 e. The summed E-state index contributed by atoms with van der Waals surface area (Å²) in [6, 6.07) is 18.5. The number of hydrogen-bond donors (Lipinski definition) is 1. The molecule has 3 rings (SSSR count). The van der Waals surface area contributed by atoms with Crippen molar-refractivity contribution < 1.29 is 9.84 Å². The Bertz CT molecular complexity index is 690. The summed E-state index contributed by atoms with van der Waals surface area (Å²) in [6.45, 7) is 3.72. The van der Waals surface area contributed by atoms with Crippen molar-refractivity contribution in [2.75, 3.05) is 26.2 Å². The first kappa shape index (κ1) is 21.5. The second-order valence-corrected chi connectivity index (χ2v) is 6.93. The molecule has 0 saturated carbocycles. The SMILES string of the molecule is Cl.OC1CCCN(CCCCOc2ccccc2/C=C/c2ccccc2)C1. The molecule has 1 N–H and O–H groups in total. The van der Waals surface area contributed by atoms with Crippen molar-refractivity contribution in [2.24, 2.45) is 0 Å². The summed E-state index contributed by atoms with van der Waals surface area (Å²) in [7, 11) is 0. The highest BCUT2D eigenvalue weighted by Gasteiger charge is 2.16. The highest BCUT2D eigenvalue weighted by atomic mass is 35.5. The van der Waals surface area contributed by atoms with Gasteiger partial charge in [-0.05, 0) is 50.4 Å². The van der Waals surface area contributed by atoms with Gasteiger partial charge in [0.15, 0.2) is 0 Å². The normalized spacial score (nSPS) is 17.6. The van der Waals surface area contributed by atoms with Crippen molar-refractivity contribution in [3.8, 4) is 5.75 Å². The van der Waals surface area contributed by atoms with Crippen LogP contribution in [0.3, 0.4) is 0 Å². The zero-order valence-electron chi connectivity index (χ0n) is 15.8. The van der Waals surface area contributed by atoms with Gasteiger partial charge in [-0.15, -0.1) is 12.4 Å². The molecule has 2 aromatic carbocycles. The van der Waals surface area contributed by atoms with E-state index in [0.717, 1.165) is 63.2 Å². The molecule has 0 aliphatic carbocycles. The van der Waals surface area contributed by atoms with E-state index in [1.54, 1.807) is 0 Å². The number of β-amino-alcohol motifs (C(OH)–C–C–N with tert-alkyl or cyclic N) is 1. The van der Waals surface area contributed by atoms with Crippen LogP contribution in [0.4, 0.5) is 0 Å². The molecule has 146 valence electrons. The maximum atomic E-state index is 9.72. The molecule has 0 spiro atoms. The molecule has 4 heteroatoms. The molecule has 1 aliphatic rings. The topological polar surface area (TPSA) is 32.7 Å². The maximum Gasteiger partial charge on any atom is 0.126 e. The van der Waals surface area contributed by atoms with Gasteiger partial charge in [0.1, 0.15) is 5.75 Å². The Hall–Kier alpha value is -1.81. The number of benzene rings is 2. The lowest BCUT2D eigenvalue weighted by molar-refractivity contribution is 0.0693. The first-order valence-corrected chi connectivity index (χ1v) is 9.66. The van der Waals surface area contributed by atoms with Crippen LogP contribution < -0.4 is 4.74 Å². The Labute approximate surface area is 169 Å². The molecule has 1 saturated heterocycles. The smallest absolute Gasteiger partial charge is 0.126 e. The van der Waals surface area contributed by atoms with Crippen LogP contribution in [0.15, 0.2) is 54.6 Å². The minimum atomic E-state index is -0.136. The fraction of sp³-hybridized carbons (Fsp3) is 0.391. The molecule has 1 aliphatic heterocycles. The van der Waals surface area contributed by atoms with Gasteiger partial charge in [-0.2, -0.15) is 0 Å². The lowest BCUT2D eigenvalue weighted by atomic mass is 10.1. The molecule has 1 fully saturated rings. The van der Waals surface area contributed by atoms with Crippen molar-refractivity contribution in [1.82, 2.24) is 4.90 Å². The van der Waals surface area contributed by atoms with Crippen LogP contribution in [0, 0.1) is 0 Å². The summed E-state index contributed by atoms with van der Waals surface area (Å²) in [5.74, 6) is 0.938. The van der Waals surface area contributed by atoms with Gasteiger partial charge in [-0.1, -0.05) is 60.7 Å². The van der Waals surface area contributed by atoms with E-state index in [0.29, 0.717) is 0 Å². The largest absolute Gasteiger partial charge is 0.493 e. The van der Waals surface area contributed by atoms with Gasteiger partial charge in [0, 0.05) is 12.1 Å². The summed E-state index contributed by atoms with van der Waals surface area (Å²) in [4.78, 5) is 2.37. The number of likely N-dealkylation sites (tertiary alicyclic amines) is 1. The number of ether oxygens (including phenoxy) is 1. The van der Waals surface area contributed by atoms with Crippen LogP contribution >= 0.6 is 12.4 Å². The standard InChI is InChI=1S/C23H29NO2.ClH/c25-22-12-8-17-24(19-22)16-6-7-18-26-23-13-5-4-11-21(23)15-14-20-9-2-1-3-10-20;/h1-5,9-11,13-15,22,25H,6-8,12,16-19H2;1H/b15-14+;. The Kier molecular flexibility index (Phi) is 9.40. The second kappa shape index (κ2) is 11.8. The average Bonchev–Trinajstić information content (AvgIpc) is 2.68. The molecule has 27 heavy (non-hydrogen) atoms. The summed E-state index contributed by atoms with van der Waals surface area (Å²) in [5.41, 5.74) is 2.29. The molecule has 0 amide bonds. The Morgan fingerprint density at radius 3 is 2.59 bits per heavy atom. The molecule has 1 unspecified atom stereocenters. The van der Waals surface area contributed by atoms with Gasteiger partial charge in [0.25, 0.3) is 0 Å². The number of aliphatic hydroxyl groups is 1. The molecule has 0 aromatic heterocycles. The van der Waals surface area contributed by atoms with Gasteiger partial charge < -0.3 is 14.7 Å². The van der Waals surface area contributed by atoms with Crippen molar-refractivity contribution in [3.63, 3.8) is 0 Å². The third kappa shape index (κ3) is 7.37. The third-order valence-corrected chi connectivity index (χ3v) is 4.78. The van der Waals surface area contributed by atoms with E-state index in [1.165, 1.54) is 5.56 Å². The Morgan fingerprint density at radius 1 is 1.00 bits per heavy atom. The average molecular weight is 388 g/mol. The molecule has 1 atom stereocenters. The number of halogens is 1. The summed E-state index contributed by atoms with van der Waals surface area (Å²) < 4.78 is 6.02. The fourth-order valence-electron chi connectivity index (χ4n) is 3.35. The highest BCUT2D eigenvalue weighted by Crippen LogP contribution is 2.21. The summed E-state index contributed by atoms with van der Waals surface area (Å²) in [6.07, 6.45) is 8.29. The van der Waals surface area contributed by atoms with Crippen LogP contribution in [0.1, 0.15) is 36.8 Å². The van der Waals surface area contributed by atoms with Crippen molar-refractivity contribution in [2.45, 2.75) is 31.8 Å². The molecule has 3 nitrogen and oxygen atoms in total. The zero-order chi connectivity index (χ0) is 18.0. The zero-order valence-corrected chi connectivity index (χ0v) is 16.6. The third-order valence-electron chi connectivity index (χ3n) is 4.78. The van der Waals surface area contributed by atoms with E-state index in [4.69, 9.17) is 4.74 Å². The lowest BCUT2D eigenvalue weighted by Crippen LogP contribution is -2.38. The number of nitrogens with zero attached hydrogens (tertiary/aromatic N) is 1. The fourth-order valence-corrected chi connectivity index (χ4v) is 3.35. The van der Waals surface area contributed by atoms with E-state index in [9.17, 15) is 5.11 Å². The van der Waals surface area contributed by atoms with Crippen LogP contribution in [0.2, 0.25) is 0 Å². The maximum absolute atomic E-state index is 9.72. The van der Waals surface area contributed by atoms with Crippen molar-refractivity contribution in [3.05, 3.63) is 65.7 Å². The van der Waals surface area contributed by atoms with E-state index in [-0.39, 0.29) is 18.5 Å². The van der Waals surface area contributed by atoms with Gasteiger partial charge in [0.2, 0.25) is 0 Å². The highest BCUT2D eigenvalue weighted by molar-refractivity contribution is 5.85. The number of unbranched alkanes of at least 4 members (excludes halogenated alkanes) is 1. The Balaban J connectivity index is 0.00000261.